The van der Waals surface area contributed by atoms with Gasteiger partial charge in [-0.2, -0.15) is 11.3 Å². The lowest BCUT2D eigenvalue weighted by atomic mass is 10.1. The molecule has 2 rings (SSSR count). The SMILES string of the molecule is COC(=O)c1csc(C(=O)CCCl)c1C.COC(=O)c1cscc1C.O=C(Cl)CCCl. The Labute approximate surface area is 204 Å². The Bertz CT molecular complexity index is 876. The van der Waals surface area contributed by atoms with E-state index in [1.54, 1.807) is 17.7 Å². The number of alkyl halides is 2. The zero-order chi connectivity index (χ0) is 24.0. The van der Waals surface area contributed by atoms with Crippen molar-refractivity contribution in [2.45, 2.75) is 26.7 Å². The number of halogens is 3. The lowest BCUT2D eigenvalue weighted by Gasteiger charge is -1.99. The van der Waals surface area contributed by atoms with Crippen molar-refractivity contribution in [1.29, 1.82) is 0 Å². The van der Waals surface area contributed by atoms with Crippen LogP contribution in [-0.4, -0.2) is 48.9 Å². The lowest BCUT2D eigenvalue weighted by molar-refractivity contribution is -0.111. The van der Waals surface area contributed by atoms with Crippen LogP contribution in [0.1, 0.15) is 54.4 Å². The predicted molar refractivity (Wildman–Crippen MR) is 127 cm³/mol. The van der Waals surface area contributed by atoms with Crippen LogP contribution in [0.15, 0.2) is 16.1 Å². The van der Waals surface area contributed by atoms with Gasteiger partial charge in [-0.3, -0.25) is 9.59 Å². The minimum absolute atomic E-state index is 0.0253. The molecule has 0 N–H and O–H groups in total. The first-order chi connectivity index (χ1) is 14.6. The van der Waals surface area contributed by atoms with E-state index in [1.165, 1.54) is 36.9 Å². The number of carbonyl (C=O) groups is 4. The normalized spacial score (nSPS) is 9.52. The van der Waals surface area contributed by atoms with Gasteiger partial charge in [0.05, 0.1) is 30.2 Å². The number of rotatable bonds is 7. The van der Waals surface area contributed by atoms with Crippen LogP contribution in [0.2, 0.25) is 0 Å². The largest absolute Gasteiger partial charge is 0.465 e. The number of ketones is 1. The molecule has 0 aliphatic heterocycles. The first-order valence-electron chi connectivity index (χ1n) is 8.75. The molecule has 0 aliphatic carbocycles. The van der Waals surface area contributed by atoms with Crippen LogP contribution in [0.4, 0.5) is 0 Å². The number of esters is 2. The van der Waals surface area contributed by atoms with E-state index in [9.17, 15) is 19.2 Å². The monoisotopic (exact) mass is 528 g/mol. The minimum atomic E-state index is -0.409. The fourth-order valence-corrected chi connectivity index (χ4v) is 4.34. The summed E-state index contributed by atoms with van der Waals surface area (Å²) < 4.78 is 9.14. The molecule has 172 valence electrons. The van der Waals surface area contributed by atoms with E-state index >= 15 is 0 Å². The first kappa shape index (κ1) is 29.5. The van der Waals surface area contributed by atoms with Gasteiger partial charge in [-0.05, 0) is 42.0 Å². The summed E-state index contributed by atoms with van der Waals surface area (Å²) in [6, 6.07) is 0. The fourth-order valence-electron chi connectivity index (χ4n) is 1.96. The standard InChI is InChI=1S/C10H11ClO3S.C7H8O2S.C3H4Cl2O/c1-6-7(10(13)14-2)5-15-9(6)8(12)3-4-11;1-5-3-10-4-6(5)7(8)9-2;4-2-1-3(5)6/h5H,3-4H2,1-2H3;3-4H,1-2H3;1-2H2. The summed E-state index contributed by atoms with van der Waals surface area (Å²) in [5.74, 6) is -0.0680. The molecule has 0 saturated heterocycles. The van der Waals surface area contributed by atoms with Gasteiger partial charge in [0.15, 0.2) is 5.78 Å². The Morgan fingerprint density at radius 1 is 0.871 bits per heavy atom. The third-order valence-electron chi connectivity index (χ3n) is 3.57. The molecule has 0 spiro atoms. The summed E-state index contributed by atoms with van der Waals surface area (Å²) in [4.78, 5) is 44.0. The smallest absolute Gasteiger partial charge is 0.338 e. The molecular weight excluding hydrogens is 507 g/mol. The van der Waals surface area contributed by atoms with Crippen molar-refractivity contribution in [2.75, 3.05) is 26.0 Å². The van der Waals surface area contributed by atoms with E-state index in [-0.39, 0.29) is 23.4 Å². The molecule has 31 heavy (non-hydrogen) atoms. The Morgan fingerprint density at radius 3 is 1.81 bits per heavy atom. The second-order valence-electron chi connectivity index (χ2n) is 5.71. The van der Waals surface area contributed by atoms with Crippen LogP contribution in [0, 0.1) is 13.8 Å². The zero-order valence-corrected chi connectivity index (χ0v) is 21.4. The van der Waals surface area contributed by atoms with Gasteiger partial charge in [-0.1, -0.05) is 0 Å². The highest BCUT2D eigenvalue weighted by molar-refractivity contribution is 7.12. The van der Waals surface area contributed by atoms with Crippen molar-refractivity contribution in [3.8, 4) is 0 Å². The Kier molecular flexibility index (Phi) is 15.5. The highest BCUT2D eigenvalue weighted by Gasteiger charge is 2.18. The van der Waals surface area contributed by atoms with Crippen molar-refractivity contribution in [3.05, 3.63) is 43.3 Å². The van der Waals surface area contributed by atoms with Gasteiger partial charge in [-0.15, -0.1) is 34.5 Å². The number of methoxy groups -OCH3 is 2. The Balaban J connectivity index is 0.000000484. The van der Waals surface area contributed by atoms with Gasteiger partial charge in [0.25, 0.3) is 0 Å². The van der Waals surface area contributed by atoms with E-state index in [0.29, 0.717) is 39.7 Å². The molecule has 0 bridgehead atoms. The van der Waals surface area contributed by atoms with E-state index < -0.39 is 5.97 Å². The Morgan fingerprint density at radius 2 is 1.42 bits per heavy atom. The maximum absolute atomic E-state index is 11.6. The number of aryl methyl sites for hydroxylation is 1. The molecule has 0 atom stereocenters. The molecule has 0 unspecified atom stereocenters. The molecule has 11 heteroatoms. The van der Waals surface area contributed by atoms with Gasteiger partial charge < -0.3 is 9.47 Å². The summed E-state index contributed by atoms with van der Waals surface area (Å²) in [5.41, 5.74) is 2.80. The molecule has 0 fully saturated rings. The van der Waals surface area contributed by atoms with Gasteiger partial charge in [0.1, 0.15) is 0 Å². The molecule has 2 aromatic heterocycles. The van der Waals surface area contributed by atoms with Crippen molar-refractivity contribution in [3.63, 3.8) is 0 Å². The average molecular weight is 530 g/mol. The van der Waals surface area contributed by atoms with Crippen molar-refractivity contribution < 1.29 is 28.7 Å². The molecule has 6 nitrogen and oxygen atoms in total. The van der Waals surface area contributed by atoms with Crippen LogP contribution in [0.25, 0.3) is 0 Å². The second kappa shape index (κ2) is 16.2. The molecule has 2 heterocycles. The summed E-state index contributed by atoms with van der Waals surface area (Å²) in [5, 5.41) is 4.99. The molecule has 0 amide bonds. The number of ether oxygens (including phenoxy) is 2. The minimum Gasteiger partial charge on any atom is -0.465 e. The van der Waals surface area contributed by atoms with Crippen molar-refractivity contribution >= 4 is 80.4 Å². The van der Waals surface area contributed by atoms with Crippen LogP contribution >= 0.6 is 57.5 Å². The molecule has 0 aliphatic rings. The van der Waals surface area contributed by atoms with E-state index in [4.69, 9.17) is 34.8 Å². The third kappa shape index (κ3) is 10.6. The highest BCUT2D eigenvalue weighted by atomic mass is 35.5. The summed E-state index contributed by atoms with van der Waals surface area (Å²) >= 11 is 18.2. The molecule has 0 saturated carbocycles. The van der Waals surface area contributed by atoms with Crippen LogP contribution < -0.4 is 0 Å². The average Bonchev–Trinajstić information content (AvgIpc) is 3.33. The van der Waals surface area contributed by atoms with Crippen LogP contribution in [0.5, 0.6) is 0 Å². The van der Waals surface area contributed by atoms with E-state index in [0.717, 1.165) is 5.56 Å². The number of carbonyl (C=O) groups excluding carboxylic acids is 4. The summed E-state index contributed by atoms with van der Waals surface area (Å²) in [7, 11) is 2.71. The van der Waals surface area contributed by atoms with Gasteiger partial charge >= 0.3 is 11.9 Å². The lowest BCUT2D eigenvalue weighted by Crippen LogP contribution is -2.04. The zero-order valence-electron chi connectivity index (χ0n) is 17.5. The second-order valence-corrected chi connectivity index (χ2v) is 8.51. The van der Waals surface area contributed by atoms with Crippen molar-refractivity contribution in [2.24, 2.45) is 0 Å². The quantitative estimate of drug-likeness (QED) is 0.193. The molecule has 2 aromatic rings. The third-order valence-corrected chi connectivity index (χ3v) is 6.12. The highest BCUT2D eigenvalue weighted by Crippen LogP contribution is 2.24. The summed E-state index contributed by atoms with van der Waals surface area (Å²) in [6.07, 6.45) is 0.562. The maximum Gasteiger partial charge on any atom is 0.338 e. The number of Topliss-reactive ketones (excluding diaryl/α,β-unsaturated/α-hetero) is 1. The predicted octanol–water partition coefficient (Wildman–Crippen LogP) is 5.88. The number of thiophene rings is 2. The topological polar surface area (TPSA) is 86.7 Å². The van der Waals surface area contributed by atoms with Crippen LogP contribution in [0.3, 0.4) is 0 Å². The molecule has 0 aromatic carbocycles. The van der Waals surface area contributed by atoms with Crippen LogP contribution in [-0.2, 0) is 14.3 Å². The van der Waals surface area contributed by atoms with Gasteiger partial charge in [0, 0.05) is 35.4 Å². The summed E-state index contributed by atoms with van der Waals surface area (Å²) in [6.45, 7) is 3.63. The van der Waals surface area contributed by atoms with Gasteiger partial charge in [0.2, 0.25) is 5.24 Å². The molecular formula is C20H23Cl3O6S2. The Hall–Kier alpha value is -1.45. The van der Waals surface area contributed by atoms with E-state index in [2.05, 4.69) is 9.47 Å². The maximum atomic E-state index is 11.6. The van der Waals surface area contributed by atoms with Crippen molar-refractivity contribution in [1.82, 2.24) is 0 Å². The molecule has 0 radical (unpaired) electrons. The number of hydrogen-bond donors (Lipinski definition) is 0. The van der Waals surface area contributed by atoms with E-state index in [1.807, 2.05) is 12.3 Å². The first-order valence-corrected chi connectivity index (χ1v) is 12.0. The fraction of sp³-hybridized carbons (Fsp3) is 0.400. The van der Waals surface area contributed by atoms with Gasteiger partial charge in [-0.25, -0.2) is 9.59 Å². The number of hydrogen-bond acceptors (Lipinski definition) is 8.